The van der Waals surface area contributed by atoms with Gasteiger partial charge < -0.3 is 25.3 Å². The minimum atomic E-state index is 0.358. The molecule has 134 valence electrons. The Morgan fingerprint density at radius 1 is 1.04 bits per heavy atom. The van der Waals surface area contributed by atoms with Crippen LogP contribution in [0.2, 0.25) is 0 Å². The number of hydrogen-bond acceptors (Lipinski definition) is 4. The van der Waals surface area contributed by atoms with Crippen molar-refractivity contribution in [3.8, 4) is 11.5 Å². The van der Waals surface area contributed by atoms with Gasteiger partial charge in [0.1, 0.15) is 11.5 Å². The van der Waals surface area contributed by atoms with Gasteiger partial charge in [-0.15, -0.1) is 0 Å². The van der Waals surface area contributed by atoms with Crippen molar-refractivity contribution in [3.63, 3.8) is 0 Å². The number of benzene rings is 2. The number of rotatable bonds is 9. The van der Waals surface area contributed by atoms with Crippen LogP contribution in [0.3, 0.4) is 0 Å². The second kappa shape index (κ2) is 10.2. The van der Waals surface area contributed by atoms with Crippen LogP contribution in [-0.2, 0) is 11.3 Å². The number of hydrogen-bond donors (Lipinski definition) is 2. The first kappa shape index (κ1) is 18.6. The van der Waals surface area contributed by atoms with Crippen molar-refractivity contribution in [1.29, 1.82) is 0 Å². The maximum atomic E-state index is 5.94. The van der Waals surface area contributed by atoms with Crippen LogP contribution in [0.1, 0.15) is 12.0 Å². The Bertz CT molecular complexity index is 672. The molecule has 3 N–H and O–H groups in total. The van der Waals surface area contributed by atoms with E-state index in [4.69, 9.17) is 19.9 Å². The largest absolute Gasteiger partial charge is 0.497 e. The summed E-state index contributed by atoms with van der Waals surface area (Å²) in [4.78, 5) is 4.36. The van der Waals surface area contributed by atoms with Crippen LogP contribution in [0, 0.1) is 0 Å². The topological polar surface area (TPSA) is 78.1 Å². The Hall–Kier alpha value is -2.73. The van der Waals surface area contributed by atoms with Gasteiger partial charge in [-0.1, -0.05) is 12.1 Å². The summed E-state index contributed by atoms with van der Waals surface area (Å²) in [6.07, 6.45) is 0.859. The molecule has 0 unspecified atom stereocenters. The molecule has 0 saturated carbocycles. The van der Waals surface area contributed by atoms with Gasteiger partial charge in [-0.2, -0.15) is 0 Å². The smallest absolute Gasteiger partial charge is 0.193 e. The van der Waals surface area contributed by atoms with Crippen molar-refractivity contribution in [3.05, 3.63) is 54.1 Å². The van der Waals surface area contributed by atoms with Gasteiger partial charge in [-0.25, -0.2) is 4.99 Å². The summed E-state index contributed by atoms with van der Waals surface area (Å²) in [5.41, 5.74) is 7.83. The van der Waals surface area contributed by atoms with Crippen molar-refractivity contribution >= 4 is 11.6 Å². The number of aliphatic imine (C=N–C) groups is 1. The highest BCUT2D eigenvalue weighted by atomic mass is 16.5. The van der Waals surface area contributed by atoms with Crippen LogP contribution >= 0.6 is 0 Å². The monoisotopic (exact) mass is 343 g/mol. The highest BCUT2D eigenvalue weighted by Gasteiger charge is 1.99. The van der Waals surface area contributed by atoms with Crippen LogP contribution in [-0.4, -0.2) is 33.4 Å². The molecule has 2 aromatic rings. The zero-order valence-corrected chi connectivity index (χ0v) is 14.7. The van der Waals surface area contributed by atoms with Gasteiger partial charge in [0, 0.05) is 25.8 Å². The molecule has 6 nitrogen and oxygen atoms in total. The van der Waals surface area contributed by atoms with Crippen molar-refractivity contribution in [2.24, 2.45) is 10.7 Å². The van der Waals surface area contributed by atoms with E-state index in [0.29, 0.717) is 25.7 Å². The second-order valence-electron chi connectivity index (χ2n) is 5.40. The molecule has 0 heterocycles. The highest BCUT2D eigenvalue weighted by Crippen LogP contribution is 2.16. The number of nitrogens with two attached hydrogens (primary N) is 1. The first-order valence-electron chi connectivity index (χ1n) is 8.13. The van der Waals surface area contributed by atoms with E-state index in [1.165, 1.54) is 0 Å². The molecule has 0 aliphatic rings. The Labute approximate surface area is 148 Å². The predicted octanol–water partition coefficient (Wildman–Crippen LogP) is 3.04. The number of nitrogens with zero attached hydrogens (tertiary/aromatic N) is 1. The summed E-state index contributed by atoms with van der Waals surface area (Å²) >= 11 is 0. The van der Waals surface area contributed by atoms with Crippen LogP contribution in [0.25, 0.3) is 0 Å². The van der Waals surface area contributed by atoms with E-state index in [1.807, 2.05) is 48.5 Å². The van der Waals surface area contributed by atoms with Gasteiger partial charge in [-0.3, -0.25) is 0 Å². The van der Waals surface area contributed by atoms with E-state index in [0.717, 1.165) is 29.2 Å². The van der Waals surface area contributed by atoms with E-state index < -0.39 is 0 Å². The molecule has 0 spiro atoms. The summed E-state index contributed by atoms with van der Waals surface area (Å²) in [7, 11) is 3.32. The Kier molecular flexibility index (Phi) is 7.59. The molecule has 0 aliphatic carbocycles. The number of anilines is 1. The number of methoxy groups -OCH3 is 2. The van der Waals surface area contributed by atoms with Crippen LogP contribution in [0.15, 0.2) is 53.5 Å². The van der Waals surface area contributed by atoms with Gasteiger partial charge in [0.2, 0.25) is 0 Å². The fourth-order valence-corrected chi connectivity index (χ4v) is 2.17. The fourth-order valence-electron chi connectivity index (χ4n) is 2.17. The Morgan fingerprint density at radius 2 is 1.84 bits per heavy atom. The third-order valence-electron chi connectivity index (χ3n) is 3.45. The molecule has 2 rings (SSSR count). The van der Waals surface area contributed by atoms with Crippen LogP contribution < -0.4 is 20.5 Å². The molecule has 25 heavy (non-hydrogen) atoms. The van der Waals surface area contributed by atoms with Crippen molar-refractivity contribution in [1.82, 2.24) is 0 Å². The minimum Gasteiger partial charge on any atom is -0.497 e. The van der Waals surface area contributed by atoms with Crippen molar-refractivity contribution < 1.29 is 14.2 Å². The zero-order chi connectivity index (χ0) is 17.9. The van der Waals surface area contributed by atoms with Gasteiger partial charge in [0.25, 0.3) is 0 Å². The molecule has 0 saturated heterocycles. The molecule has 6 heteroatoms. The van der Waals surface area contributed by atoms with Gasteiger partial charge in [0.15, 0.2) is 5.96 Å². The van der Waals surface area contributed by atoms with E-state index in [1.54, 1.807) is 14.2 Å². The fraction of sp³-hybridized carbons (Fsp3) is 0.316. The van der Waals surface area contributed by atoms with Crippen molar-refractivity contribution in [2.45, 2.75) is 13.0 Å². The third-order valence-corrected chi connectivity index (χ3v) is 3.45. The molecule has 0 atom stereocenters. The quantitative estimate of drug-likeness (QED) is 0.416. The molecule has 0 aliphatic heterocycles. The molecule has 0 radical (unpaired) electrons. The van der Waals surface area contributed by atoms with Gasteiger partial charge in [0.05, 0.1) is 20.3 Å². The van der Waals surface area contributed by atoms with Crippen molar-refractivity contribution in [2.75, 3.05) is 32.8 Å². The van der Waals surface area contributed by atoms with Gasteiger partial charge >= 0.3 is 0 Å². The van der Waals surface area contributed by atoms with Crippen LogP contribution in [0.4, 0.5) is 5.69 Å². The summed E-state index contributed by atoms with van der Waals surface area (Å²) in [6.45, 7) is 1.80. The predicted molar refractivity (Wildman–Crippen MR) is 100 cm³/mol. The third kappa shape index (κ3) is 6.73. The number of ether oxygens (including phenoxy) is 3. The van der Waals surface area contributed by atoms with E-state index in [-0.39, 0.29) is 0 Å². The summed E-state index contributed by atoms with van der Waals surface area (Å²) in [6, 6.07) is 15.3. The van der Waals surface area contributed by atoms with E-state index >= 15 is 0 Å². The molecular weight excluding hydrogens is 318 g/mol. The summed E-state index contributed by atoms with van der Waals surface area (Å²) in [5, 5.41) is 3.05. The standard InChI is InChI=1S/C19H25N3O3/c1-23-11-4-12-25-18-6-3-5-15(13-18)14-21-19(20)22-16-7-9-17(24-2)10-8-16/h3,5-10,13H,4,11-12,14H2,1-2H3,(H3,20,21,22). The lowest BCUT2D eigenvalue weighted by Crippen LogP contribution is -2.22. The SMILES string of the molecule is COCCCOc1cccc(CN=C(N)Nc2ccc(OC)cc2)c1. The van der Waals surface area contributed by atoms with Crippen LogP contribution in [0.5, 0.6) is 11.5 Å². The first-order valence-corrected chi connectivity index (χ1v) is 8.13. The molecular formula is C19H25N3O3. The van der Waals surface area contributed by atoms with Gasteiger partial charge in [-0.05, 0) is 42.0 Å². The molecule has 0 aromatic heterocycles. The second-order valence-corrected chi connectivity index (χ2v) is 5.40. The molecule has 0 fully saturated rings. The van der Waals surface area contributed by atoms with E-state index in [2.05, 4.69) is 10.3 Å². The number of nitrogens with one attached hydrogen (secondary N) is 1. The molecule has 2 aromatic carbocycles. The highest BCUT2D eigenvalue weighted by molar-refractivity contribution is 5.92. The zero-order valence-electron chi connectivity index (χ0n) is 14.7. The normalized spacial score (nSPS) is 11.2. The molecule has 0 amide bonds. The Balaban J connectivity index is 1.86. The Morgan fingerprint density at radius 3 is 2.56 bits per heavy atom. The van der Waals surface area contributed by atoms with E-state index in [9.17, 15) is 0 Å². The lowest BCUT2D eigenvalue weighted by Gasteiger charge is -2.08. The maximum absolute atomic E-state index is 5.94. The average Bonchev–Trinajstić information content (AvgIpc) is 2.65. The summed E-state index contributed by atoms with van der Waals surface area (Å²) in [5.74, 6) is 1.98. The molecule has 0 bridgehead atoms. The minimum absolute atomic E-state index is 0.358. The first-order chi connectivity index (χ1) is 12.2. The summed E-state index contributed by atoms with van der Waals surface area (Å²) < 4.78 is 15.8. The lowest BCUT2D eigenvalue weighted by atomic mass is 10.2. The lowest BCUT2D eigenvalue weighted by molar-refractivity contribution is 0.172. The average molecular weight is 343 g/mol. The maximum Gasteiger partial charge on any atom is 0.193 e. The number of guanidine groups is 1.